The molecular formula is C16H16ClNO4S. The van der Waals surface area contributed by atoms with Crippen molar-refractivity contribution in [3.8, 4) is 0 Å². The van der Waals surface area contributed by atoms with Gasteiger partial charge >= 0.3 is 5.97 Å². The molecule has 1 aliphatic rings. The lowest BCUT2D eigenvalue weighted by Crippen LogP contribution is -2.37. The summed E-state index contributed by atoms with van der Waals surface area (Å²) < 4.78 is 5.13. The fourth-order valence-corrected chi connectivity index (χ4v) is 2.81. The first kappa shape index (κ1) is 17.6. The highest BCUT2D eigenvalue weighted by molar-refractivity contribution is 8.18. The molecule has 5 nitrogen and oxygen atoms in total. The molecule has 1 saturated heterocycles. The number of halogens is 1. The minimum absolute atomic E-state index is 0.265. The smallest absolute Gasteiger partial charge is 0.326 e. The lowest BCUT2D eigenvalue weighted by Gasteiger charge is -2.21. The molecule has 2 amide bonds. The second kappa shape index (κ2) is 6.76. The number of imide groups is 1. The van der Waals surface area contributed by atoms with Crippen molar-refractivity contribution in [2.45, 2.75) is 26.4 Å². The van der Waals surface area contributed by atoms with E-state index in [2.05, 4.69) is 0 Å². The number of thioether (sulfide) groups is 1. The average Bonchev–Trinajstić information content (AvgIpc) is 2.67. The maximum Gasteiger partial charge on any atom is 0.326 e. The normalized spacial score (nSPS) is 17.0. The van der Waals surface area contributed by atoms with Gasteiger partial charge in [-0.05, 0) is 56.3 Å². The Kier molecular flexibility index (Phi) is 5.16. The van der Waals surface area contributed by atoms with Gasteiger partial charge in [-0.3, -0.25) is 19.3 Å². The number of amides is 2. The first-order valence-corrected chi connectivity index (χ1v) is 8.08. The quantitative estimate of drug-likeness (QED) is 0.612. The third kappa shape index (κ3) is 4.84. The summed E-state index contributed by atoms with van der Waals surface area (Å²) >= 11 is 6.61. The molecular weight excluding hydrogens is 338 g/mol. The topological polar surface area (TPSA) is 63.7 Å². The van der Waals surface area contributed by atoms with Gasteiger partial charge < -0.3 is 4.74 Å². The van der Waals surface area contributed by atoms with Crippen LogP contribution in [0.3, 0.4) is 0 Å². The molecule has 0 aromatic heterocycles. The van der Waals surface area contributed by atoms with Gasteiger partial charge in [0.05, 0.1) is 4.91 Å². The molecule has 0 saturated carbocycles. The summed E-state index contributed by atoms with van der Waals surface area (Å²) in [5.41, 5.74) is 0.0787. The van der Waals surface area contributed by atoms with Crippen LogP contribution in [0.2, 0.25) is 5.02 Å². The fraction of sp³-hybridized carbons (Fsp3) is 0.312. The highest BCUT2D eigenvalue weighted by Gasteiger charge is 2.37. The number of rotatable bonds is 3. The van der Waals surface area contributed by atoms with Gasteiger partial charge in [-0.25, -0.2) is 0 Å². The minimum atomic E-state index is -0.669. The van der Waals surface area contributed by atoms with Gasteiger partial charge in [-0.2, -0.15) is 0 Å². The second-order valence-electron chi connectivity index (χ2n) is 5.91. The van der Waals surface area contributed by atoms with Gasteiger partial charge in [-0.15, -0.1) is 0 Å². The molecule has 0 atom stereocenters. The van der Waals surface area contributed by atoms with Gasteiger partial charge in [0.1, 0.15) is 12.1 Å². The lowest BCUT2D eigenvalue weighted by atomic mass is 10.2. The molecule has 0 unspecified atom stereocenters. The van der Waals surface area contributed by atoms with E-state index in [9.17, 15) is 14.4 Å². The van der Waals surface area contributed by atoms with Crippen LogP contribution >= 0.6 is 23.4 Å². The zero-order chi connectivity index (χ0) is 17.2. The Morgan fingerprint density at radius 2 is 1.87 bits per heavy atom. The largest absolute Gasteiger partial charge is 0.459 e. The van der Waals surface area contributed by atoms with Crippen molar-refractivity contribution in [3.63, 3.8) is 0 Å². The van der Waals surface area contributed by atoms with E-state index in [-0.39, 0.29) is 11.4 Å². The molecule has 7 heteroatoms. The Balaban J connectivity index is 2.10. The van der Waals surface area contributed by atoms with E-state index in [1.807, 2.05) is 0 Å². The maximum absolute atomic E-state index is 12.3. The Bertz CT molecular complexity index is 676. The van der Waals surface area contributed by atoms with Crippen molar-refractivity contribution in [3.05, 3.63) is 39.8 Å². The van der Waals surface area contributed by atoms with E-state index in [1.54, 1.807) is 51.1 Å². The van der Waals surface area contributed by atoms with Gasteiger partial charge in [-0.1, -0.05) is 23.7 Å². The summed E-state index contributed by atoms with van der Waals surface area (Å²) in [6.45, 7) is 4.78. The van der Waals surface area contributed by atoms with Gasteiger partial charge in [0.2, 0.25) is 0 Å². The van der Waals surface area contributed by atoms with Crippen molar-refractivity contribution in [1.82, 2.24) is 4.90 Å². The summed E-state index contributed by atoms with van der Waals surface area (Å²) in [7, 11) is 0. The number of hydrogen-bond acceptors (Lipinski definition) is 5. The number of hydrogen-bond donors (Lipinski definition) is 0. The summed E-state index contributed by atoms with van der Waals surface area (Å²) in [6.07, 6.45) is 1.59. The first-order valence-electron chi connectivity index (χ1n) is 6.88. The molecule has 122 valence electrons. The highest BCUT2D eigenvalue weighted by Crippen LogP contribution is 2.32. The van der Waals surface area contributed by atoms with Crippen LogP contribution < -0.4 is 0 Å². The van der Waals surface area contributed by atoms with Crippen LogP contribution in [0.4, 0.5) is 4.79 Å². The monoisotopic (exact) mass is 353 g/mol. The number of carbonyl (C=O) groups is 3. The number of ether oxygens (including phenoxy) is 1. The van der Waals surface area contributed by atoms with E-state index >= 15 is 0 Å². The minimum Gasteiger partial charge on any atom is -0.459 e. The molecule has 1 aromatic carbocycles. The zero-order valence-corrected chi connectivity index (χ0v) is 14.5. The zero-order valence-electron chi connectivity index (χ0n) is 13.0. The van der Waals surface area contributed by atoms with Gasteiger partial charge in [0.15, 0.2) is 0 Å². The van der Waals surface area contributed by atoms with Crippen LogP contribution in [0.5, 0.6) is 0 Å². The maximum atomic E-state index is 12.3. The van der Waals surface area contributed by atoms with E-state index in [1.165, 1.54) is 0 Å². The number of carbonyl (C=O) groups excluding carboxylic acids is 3. The summed E-state index contributed by atoms with van der Waals surface area (Å²) in [4.78, 5) is 37.2. The summed E-state index contributed by atoms with van der Waals surface area (Å²) in [5.74, 6) is -1.12. The van der Waals surface area contributed by atoms with Crippen molar-refractivity contribution < 1.29 is 19.1 Å². The molecule has 0 aliphatic carbocycles. The Morgan fingerprint density at radius 1 is 1.26 bits per heavy atom. The predicted molar refractivity (Wildman–Crippen MR) is 90.0 cm³/mol. The van der Waals surface area contributed by atoms with Crippen molar-refractivity contribution >= 4 is 46.6 Å². The molecule has 2 rings (SSSR count). The average molecular weight is 354 g/mol. The lowest BCUT2D eigenvalue weighted by molar-refractivity contribution is -0.156. The molecule has 1 aromatic rings. The number of benzene rings is 1. The van der Waals surface area contributed by atoms with Gasteiger partial charge in [0, 0.05) is 5.02 Å². The van der Waals surface area contributed by atoms with Crippen LogP contribution in [0, 0.1) is 0 Å². The molecule has 1 aliphatic heterocycles. The standard InChI is InChI=1S/C16H16ClNO4S/c1-16(2,3)22-13(19)9-18-14(20)12(23-15(18)21)8-10-4-6-11(17)7-5-10/h4-8H,9H2,1-3H3/b12-8-. The van der Waals surface area contributed by atoms with Crippen molar-refractivity contribution in [2.24, 2.45) is 0 Å². The molecule has 1 fully saturated rings. The Morgan fingerprint density at radius 3 is 2.43 bits per heavy atom. The van der Waals surface area contributed by atoms with Crippen LogP contribution in [0.15, 0.2) is 29.2 Å². The molecule has 23 heavy (non-hydrogen) atoms. The SMILES string of the molecule is CC(C)(C)OC(=O)CN1C(=O)S/C(=C\c2ccc(Cl)cc2)C1=O. The second-order valence-corrected chi connectivity index (χ2v) is 7.34. The number of esters is 1. The molecule has 0 N–H and O–H groups in total. The van der Waals surface area contributed by atoms with Crippen molar-refractivity contribution in [2.75, 3.05) is 6.54 Å². The first-order chi connectivity index (χ1) is 10.7. The fourth-order valence-electron chi connectivity index (χ4n) is 1.85. The number of nitrogens with zero attached hydrogens (tertiary/aromatic N) is 1. The summed E-state index contributed by atoms with van der Waals surface area (Å²) in [6, 6.07) is 6.87. The van der Waals surface area contributed by atoms with Crippen LogP contribution in [-0.4, -0.2) is 34.2 Å². The highest BCUT2D eigenvalue weighted by atomic mass is 35.5. The summed E-state index contributed by atoms with van der Waals surface area (Å²) in [5, 5.41) is 0.0984. The van der Waals surface area contributed by atoms with Crippen LogP contribution in [0.25, 0.3) is 6.08 Å². The van der Waals surface area contributed by atoms with E-state index in [0.717, 1.165) is 22.2 Å². The molecule has 0 spiro atoms. The third-order valence-corrected chi connectivity index (χ3v) is 3.91. The predicted octanol–water partition coefficient (Wildman–Crippen LogP) is 3.72. The van der Waals surface area contributed by atoms with E-state index in [0.29, 0.717) is 5.02 Å². The molecule has 0 radical (unpaired) electrons. The molecule has 1 heterocycles. The van der Waals surface area contributed by atoms with E-state index in [4.69, 9.17) is 16.3 Å². The van der Waals surface area contributed by atoms with Crippen molar-refractivity contribution in [1.29, 1.82) is 0 Å². The Hall–Kier alpha value is -1.79. The molecule has 0 bridgehead atoms. The van der Waals surface area contributed by atoms with Gasteiger partial charge in [0.25, 0.3) is 11.1 Å². The van der Waals surface area contributed by atoms with Crippen LogP contribution in [-0.2, 0) is 14.3 Å². The Labute approximate surface area is 143 Å². The van der Waals surface area contributed by atoms with Crippen LogP contribution in [0.1, 0.15) is 26.3 Å². The van der Waals surface area contributed by atoms with E-state index < -0.39 is 22.7 Å². The third-order valence-electron chi connectivity index (χ3n) is 2.75.